The highest BCUT2D eigenvalue weighted by Gasteiger charge is 2.08. The van der Waals surface area contributed by atoms with E-state index in [-0.39, 0.29) is 0 Å². The van der Waals surface area contributed by atoms with Crippen molar-refractivity contribution in [3.05, 3.63) is 47.5 Å². The van der Waals surface area contributed by atoms with Crippen molar-refractivity contribution < 1.29 is 0 Å². The molecule has 1 N–H and O–H groups in total. The minimum atomic E-state index is 0.719. The third-order valence-corrected chi connectivity index (χ3v) is 3.56. The zero-order valence-electron chi connectivity index (χ0n) is 12.6. The van der Waals surface area contributed by atoms with E-state index in [4.69, 9.17) is 0 Å². The van der Waals surface area contributed by atoms with Gasteiger partial charge in [-0.05, 0) is 25.5 Å². The fourth-order valence-electron chi connectivity index (χ4n) is 2.52. The second-order valence-electron chi connectivity index (χ2n) is 5.22. The van der Waals surface area contributed by atoms with E-state index in [9.17, 15) is 0 Å². The van der Waals surface area contributed by atoms with Crippen LogP contribution >= 0.6 is 0 Å². The molecule has 3 rings (SSSR count). The smallest absolute Gasteiger partial charge is 0.137 e. The summed E-state index contributed by atoms with van der Waals surface area (Å²) >= 11 is 0. The van der Waals surface area contributed by atoms with Crippen LogP contribution in [0.25, 0.3) is 10.9 Å². The Morgan fingerprint density at radius 3 is 2.90 bits per heavy atom. The maximum atomic E-state index is 4.46. The van der Waals surface area contributed by atoms with Crippen molar-refractivity contribution in [3.8, 4) is 0 Å². The summed E-state index contributed by atoms with van der Waals surface area (Å²) in [6, 6.07) is 6.20. The van der Waals surface area contributed by atoms with Crippen LogP contribution in [0.4, 0.5) is 5.82 Å². The number of aryl methyl sites for hydroxylation is 3. The van der Waals surface area contributed by atoms with Crippen molar-refractivity contribution >= 4 is 16.7 Å². The lowest BCUT2D eigenvalue weighted by atomic mass is 10.1. The Labute approximate surface area is 124 Å². The van der Waals surface area contributed by atoms with Gasteiger partial charge >= 0.3 is 0 Å². The molecule has 5 heteroatoms. The molecule has 5 nitrogen and oxygen atoms in total. The molecular formula is C16H19N5. The predicted octanol–water partition coefficient (Wildman–Crippen LogP) is 2.85. The molecule has 1 aromatic carbocycles. The normalized spacial score (nSPS) is 11.0. The quantitative estimate of drug-likeness (QED) is 0.799. The van der Waals surface area contributed by atoms with Gasteiger partial charge in [-0.1, -0.05) is 18.6 Å². The number of hydrogen-bond acceptors (Lipinski definition) is 4. The number of nitrogens with one attached hydrogen (secondary N) is 1. The molecule has 0 saturated heterocycles. The van der Waals surface area contributed by atoms with E-state index in [0.29, 0.717) is 0 Å². The Morgan fingerprint density at radius 2 is 2.10 bits per heavy atom. The molecule has 0 unspecified atom stereocenters. The van der Waals surface area contributed by atoms with Gasteiger partial charge in [0.15, 0.2) is 0 Å². The summed E-state index contributed by atoms with van der Waals surface area (Å²) in [5.74, 6) is 0.870. The fourth-order valence-corrected chi connectivity index (χ4v) is 2.52. The molecular weight excluding hydrogens is 262 g/mol. The van der Waals surface area contributed by atoms with E-state index in [1.54, 1.807) is 6.33 Å². The van der Waals surface area contributed by atoms with Gasteiger partial charge < -0.3 is 5.32 Å². The van der Waals surface area contributed by atoms with Crippen molar-refractivity contribution in [2.24, 2.45) is 7.05 Å². The molecule has 0 bridgehead atoms. The summed E-state index contributed by atoms with van der Waals surface area (Å²) in [6.45, 7) is 4.92. The summed E-state index contributed by atoms with van der Waals surface area (Å²) in [6.07, 6.45) is 4.59. The van der Waals surface area contributed by atoms with Gasteiger partial charge in [-0.25, -0.2) is 9.97 Å². The van der Waals surface area contributed by atoms with Crippen LogP contribution in [-0.2, 0) is 20.0 Å². The van der Waals surface area contributed by atoms with Gasteiger partial charge in [0, 0.05) is 30.7 Å². The van der Waals surface area contributed by atoms with E-state index in [1.807, 2.05) is 17.8 Å². The molecule has 0 aliphatic rings. The predicted molar refractivity (Wildman–Crippen MR) is 84.2 cm³/mol. The van der Waals surface area contributed by atoms with Crippen LogP contribution in [0.3, 0.4) is 0 Å². The highest BCUT2D eigenvalue weighted by molar-refractivity contribution is 5.89. The summed E-state index contributed by atoms with van der Waals surface area (Å²) in [7, 11) is 1.95. The second-order valence-corrected chi connectivity index (χ2v) is 5.22. The third kappa shape index (κ3) is 2.72. The van der Waals surface area contributed by atoms with Crippen LogP contribution in [-0.4, -0.2) is 19.7 Å². The Hall–Kier alpha value is -2.43. The van der Waals surface area contributed by atoms with E-state index >= 15 is 0 Å². The van der Waals surface area contributed by atoms with Crippen molar-refractivity contribution in [2.75, 3.05) is 5.32 Å². The number of rotatable bonds is 4. The van der Waals surface area contributed by atoms with Gasteiger partial charge in [-0.3, -0.25) is 4.68 Å². The molecule has 0 atom stereocenters. The van der Waals surface area contributed by atoms with Crippen molar-refractivity contribution in [2.45, 2.75) is 26.8 Å². The molecule has 0 spiro atoms. The number of aromatic nitrogens is 4. The van der Waals surface area contributed by atoms with Crippen LogP contribution in [0.15, 0.2) is 30.7 Å². The number of fused-ring (bicyclic) bond motifs is 1. The minimum Gasteiger partial charge on any atom is -0.365 e. The minimum absolute atomic E-state index is 0.719. The summed E-state index contributed by atoms with van der Waals surface area (Å²) < 4.78 is 1.86. The second kappa shape index (κ2) is 5.52. The van der Waals surface area contributed by atoms with Gasteiger partial charge in [0.1, 0.15) is 12.1 Å². The van der Waals surface area contributed by atoms with Gasteiger partial charge in [0.25, 0.3) is 0 Å². The summed E-state index contributed by atoms with van der Waals surface area (Å²) in [4.78, 5) is 8.68. The molecule has 2 heterocycles. The molecule has 0 radical (unpaired) electrons. The zero-order chi connectivity index (χ0) is 14.8. The van der Waals surface area contributed by atoms with E-state index in [0.717, 1.165) is 35.4 Å². The zero-order valence-corrected chi connectivity index (χ0v) is 12.6. The average Bonchev–Trinajstić information content (AvgIpc) is 2.85. The first-order valence-electron chi connectivity index (χ1n) is 7.14. The van der Waals surface area contributed by atoms with Crippen molar-refractivity contribution in [3.63, 3.8) is 0 Å². The van der Waals surface area contributed by atoms with E-state index < -0.39 is 0 Å². The third-order valence-electron chi connectivity index (χ3n) is 3.56. The molecule has 0 aliphatic carbocycles. The van der Waals surface area contributed by atoms with Gasteiger partial charge in [-0.2, -0.15) is 5.10 Å². The molecule has 21 heavy (non-hydrogen) atoms. The molecule has 0 fully saturated rings. The monoisotopic (exact) mass is 281 g/mol. The number of nitrogens with zero attached hydrogens (tertiary/aromatic N) is 4. The number of anilines is 1. The molecule has 0 amide bonds. The average molecular weight is 281 g/mol. The van der Waals surface area contributed by atoms with Crippen molar-refractivity contribution in [1.29, 1.82) is 0 Å². The molecule has 0 saturated carbocycles. The molecule has 108 valence electrons. The van der Waals surface area contributed by atoms with Crippen LogP contribution in [0.5, 0.6) is 0 Å². The van der Waals surface area contributed by atoms with Gasteiger partial charge in [0.2, 0.25) is 0 Å². The first-order chi connectivity index (χ1) is 10.2. The lowest BCUT2D eigenvalue weighted by Gasteiger charge is -2.08. The van der Waals surface area contributed by atoms with E-state index in [2.05, 4.69) is 52.6 Å². The number of benzene rings is 1. The van der Waals surface area contributed by atoms with Gasteiger partial charge in [-0.15, -0.1) is 0 Å². The fraction of sp³-hybridized carbons (Fsp3) is 0.312. The van der Waals surface area contributed by atoms with Crippen LogP contribution in [0.1, 0.15) is 23.7 Å². The lowest BCUT2D eigenvalue weighted by molar-refractivity contribution is 0.746. The Balaban J connectivity index is 1.89. The highest BCUT2D eigenvalue weighted by atomic mass is 15.3. The summed E-state index contributed by atoms with van der Waals surface area (Å²) in [5.41, 5.74) is 4.50. The lowest BCUT2D eigenvalue weighted by Crippen LogP contribution is -2.04. The Morgan fingerprint density at radius 1 is 1.24 bits per heavy atom. The first kappa shape index (κ1) is 13.5. The van der Waals surface area contributed by atoms with E-state index in [1.165, 1.54) is 11.1 Å². The maximum absolute atomic E-state index is 4.46. The Kier molecular flexibility index (Phi) is 3.56. The van der Waals surface area contributed by atoms with Gasteiger partial charge in [0.05, 0.1) is 11.2 Å². The van der Waals surface area contributed by atoms with Crippen LogP contribution in [0.2, 0.25) is 0 Å². The molecule has 3 aromatic rings. The van der Waals surface area contributed by atoms with Crippen molar-refractivity contribution in [1.82, 2.24) is 19.7 Å². The number of hydrogen-bond donors (Lipinski definition) is 1. The molecule has 0 aliphatic heterocycles. The highest BCUT2D eigenvalue weighted by Crippen LogP contribution is 2.21. The SMILES string of the molecule is CCc1nn(C)cc1CNc1ncnc2ccc(C)cc12. The van der Waals surface area contributed by atoms with Crippen LogP contribution in [0, 0.1) is 6.92 Å². The Bertz CT molecular complexity index is 775. The topological polar surface area (TPSA) is 55.6 Å². The standard InChI is InChI=1S/C16H19N5/c1-4-14-12(9-21(3)20-14)8-17-16-13-7-11(2)5-6-15(13)18-10-19-16/h5-7,9-10H,4,8H2,1-3H3,(H,17,18,19). The summed E-state index contributed by atoms with van der Waals surface area (Å²) in [5, 5.41) is 8.93. The molecule has 2 aromatic heterocycles. The maximum Gasteiger partial charge on any atom is 0.137 e. The largest absolute Gasteiger partial charge is 0.365 e. The van der Waals surface area contributed by atoms with Crippen LogP contribution < -0.4 is 5.32 Å². The first-order valence-corrected chi connectivity index (χ1v) is 7.14.